The highest BCUT2D eigenvalue weighted by Gasteiger charge is 2.18. The third-order valence-corrected chi connectivity index (χ3v) is 6.22. The topological polar surface area (TPSA) is 101 Å². The lowest BCUT2D eigenvalue weighted by atomic mass is 10.2. The summed E-state index contributed by atoms with van der Waals surface area (Å²) in [5.41, 5.74) is 11.8. The molecule has 0 unspecified atom stereocenters. The second kappa shape index (κ2) is 7.99. The van der Waals surface area contributed by atoms with Gasteiger partial charge in [0.25, 0.3) is 5.91 Å². The minimum absolute atomic E-state index is 0.0607. The van der Waals surface area contributed by atoms with Gasteiger partial charge in [-0.1, -0.05) is 18.5 Å². The molecule has 134 valence electrons. The molecule has 9 heteroatoms. The molecule has 2 aromatic rings. The number of hydrazine groups is 1. The number of rotatable bonds is 6. The van der Waals surface area contributed by atoms with Crippen molar-refractivity contribution in [3.8, 4) is 0 Å². The predicted octanol–water partition coefficient (Wildman–Crippen LogP) is 3.19. The molecule has 0 aliphatic rings. The van der Waals surface area contributed by atoms with Crippen LogP contribution in [-0.2, 0) is 9.84 Å². The molecule has 0 atom stereocenters. The van der Waals surface area contributed by atoms with Crippen LogP contribution in [0.15, 0.2) is 46.2 Å². The molecule has 0 aliphatic heterocycles. The fraction of sp³-hybridized carbons (Fsp3) is 0.188. The number of hydrogen-bond donors (Lipinski definition) is 3. The van der Waals surface area contributed by atoms with Gasteiger partial charge in [0.2, 0.25) is 0 Å². The molecule has 0 aliphatic carbocycles. The van der Waals surface area contributed by atoms with Crippen molar-refractivity contribution in [2.24, 2.45) is 0 Å². The van der Waals surface area contributed by atoms with Gasteiger partial charge in [-0.2, -0.15) is 0 Å². The summed E-state index contributed by atoms with van der Waals surface area (Å²) in [6.07, 6.45) is 1.89. The van der Waals surface area contributed by atoms with Crippen molar-refractivity contribution in [2.75, 3.05) is 23.2 Å². The number of halogens is 1. The fourth-order valence-corrected chi connectivity index (χ4v) is 3.72. The van der Waals surface area contributed by atoms with Gasteiger partial charge in [-0.3, -0.25) is 15.6 Å². The van der Waals surface area contributed by atoms with Crippen LogP contribution < -0.4 is 16.6 Å². The van der Waals surface area contributed by atoms with E-state index in [9.17, 15) is 13.2 Å². The molecular formula is C16H18ClN3O3S2. The van der Waals surface area contributed by atoms with Gasteiger partial charge in [-0.25, -0.2) is 8.42 Å². The van der Waals surface area contributed by atoms with Crippen molar-refractivity contribution in [3.63, 3.8) is 0 Å². The highest BCUT2D eigenvalue weighted by atomic mass is 35.5. The summed E-state index contributed by atoms with van der Waals surface area (Å²) in [5.74, 6) is -0.548. The van der Waals surface area contributed by atoms with Crippen molar-refractivity contribution >= 4 is 50.5 Å². The lowest BCUT2D eigenvalue weighted by Crippen LogP contribution is -2.30. The number of nitrogens with two attached hydrogens (primary N) is 1. The van der Waals surface area contributed by atoms with E-state index in [2.05, 4.69) is 10.9 Å². The Balaban J connectivity index is 2.27. The lowest BCUT2D eigenvalue weighted by molar-refractivity contribution is 0.0963. The molecule has 1 amide bonds. The second-order valence-corrected chi connectivity index (χ2v) is 8.64. The molecular weight excluding hydrogens is 382 g/mol. The number of nitrogens with one attached hydrogen (secondary N) is 2. The molecule has 0 bridgehead atoms. The monoisotopic (exact) mass is 399 g/mol. The van der Waals surface area contributed by atoms with E-state index in [1.807, 2.05) is 12.3 Å². The van der Waals surface area contributed by atoms with E-state index >= 15 is 0 Å². The highest BCUT2D eigenvalue weighted by molar-refractivity contribution is 7.98. The van der Waals surface area contributed by atoms with Gasteiger partial charge in [0.1, 0.15) is 0 Å². The standard InChI is InChI=1S/C16H18ClN3O3S2/c1-3-25(22,23)15-7-4-10(17)8-14(15)19-20-16(21)12-9-11(24-2)5-6-13(12)18/h4-9,19H,3,18H2,1-2H3,(H,20,21). The fourth-order valence-electron chi connectivity index (χ4n) is 2.08. The van der Waals surface area contributed by atoms with Crippen LogP contribution in [0.5, 0.6) is 0 Å². The summed E-state index contributed by atoms with van der Waals surface area (Å²) >= 11 is 7.42. The summed E-state index contributed by atoms with van der Waals surface area (Å²) < 4.78 is 24.3. The predicted molar refractivity (Wildman–Crippen MR) is 103 cm³/mol. The minimum Gasteiger partial charge on any atom is -0.398 e. The van der Waals surface area contributed by atoms with Crippen LogP contribution >= 0.6 is 23.4 Å². The summed E-state index contributed by atoms with van der Waals surface area (Å²) in [7, 11) is -3.48. The molecule has 0 fully saturated rings. The number of amides is 1. The zero-order valence-electron chi connectivity index (χ0n) is 13.7. The Morgan fingerprint density at radius 3 is 2.60 bits per heavy atom. The van der Waals surface area contributed by atoms with Crippen molar-refractivity contribution in [2.45, 2.75) is 16.7 Å². The number of sulfone groups is 1. The van der Waals surface area contributed by atoms with E-state index in [1.165, 1.54) is 30.0 Å². The quantitative estimate of drug-likeness (QED) is 0.391. The van der Waals surface area contributed by atoms with E-state index in [-0.39, 0.29) is 16.3 Å². The number of benzene rings is 2. The van der Waals surface area contributed by atoms with E-state index in [0.717, 1.165) is 4.90 Å². The zero-order valence-corrected chi connectivity index (χ0v) is 16.1. The first-order valence-electron chi connectivity index (χ1n) is 7.30. The van der Waals surface area contributed by atoms with Gasteiger partial charge in [0, 0.05) is 15.6 Å². The van der Waals surface area contributed by atoms with Crippen LogP contribution in [0.1, 0.15) is 17.3 Å². The largest absolute Gasteiger partial charge is 0.398 e. The van der Waals surface area contributed by atoms with Crippen molar-refractivity contribution in [3.05, 3.63) is 47.0 Å². The smallest absolute Gasteiger partial charge is 0.271 e. The van der Waals surface area contributed by atoms with Crippen LogP contribution in [0.25, 0.3) is 0 Å². The van der Waals surface area contributed by atoms with Gasteiger partial charge in [-0.15, -0.1) is 11.8 Å². The molecule has 25 heavy (non-hydrogen) atoms. The Labute approximate surface area is 156 Å². The van der Waals surface area contributed by atoms with Gasteiger partial charge < -0.3 is 5.73 Å². The van der Waals surface area contributed by atoms with Gasteiger partial charge in [0.05, 0.1) is 21.9 Å². The molecule has 2 rings (SSSR count). The maximum atomic E-state index is 12.4. The van der Waals surface area contributed by atoms with Gasteiger partial charge in [-0.05, 0) is 42.7 Å². The Morgan fingerprint density at radius 2 is 1.96 bits per heavy atom. The SMILES string of the molecule is CCS(=O)(=O)c1ccc(Cl)cc1NNC(=O)c1cc(SC)ccc1N. The van der Waals surface area contributed by atoms with Crippen LogP contribution in [0.4, 0.5) is 11.4 Å². The highest BCUT2D eigenvalue weighted by Crippen LogP contribution is 2.26. The molecule has 0 aromatic heterocycles. The molecule has 4 N–H and O–H groups in total. The molecule has 0 saturated heterocycles. The van der Waals surface area contributed by atoms with Crippen molar-refractivity contribution in [1.29, 1.82) is 0 Å². The van der Waals surface area contributed by atoms with Crippen LogP contribution in [0.3, 0.4) is 0 Å². The Bertz CT molecular complexity index is 901. The molecule has 0 saturated carbocycles. The average molecular weight is 400 g/mol. The number of nitrogen functional groups attached to an aromatic ring is 1. The first-order valence-corrected chi connectivity index (χ1v) is 10.6. The van der Waals surface area contributed by atoms with Crippen LogP contribution in [-0.4, -0.2) is 26.3 Å². The first-order chi connectivity index (χ1) is 11.8. The molecule has 6 nitrogen and oxygen atoms in total. The molecule has 0 radical (unpaired) electrons. The van der Waals surface area contributed by atoms with Crippen molar-refractivity contribution in [1.82, 2.24) is 5.43 Å². The Kier molecular flexibility index (Phi) is 6.21. The summed E-state index contributed by atoms with van der Waals surface area (Å²) in [5, 5.41) is 0.343. The van der Waals surface area contributed by atoms with E-state index in [1.54, 1.807) is 19.1 Å². The first kappa shape index (κ1) is 19.4. The lowest BCUT2D eigenvalue weighted by Gasteiger charge is -2.14. The minimum atomic E-state index is -3.48. The Hall–Kier alpha value is -1.90. The Morgan fingerprint density at radius 1 is 1.24 bits per heavy atom. The molecule has 0 spiro atoms. The zero-order chi connectivity index (χ0) is 18.6. The summed E-state index contributed by atoms with van der Waals surface area (Å²) in [4.78, 5) is 13.3. The third-order valence-electron chi connectivity index (χ3n) is 3.47. The number of thioether (sulfide) groups is 1. The number of anilines is 2. The second-order valence-electron chi connectivity index (χ2n) is 5.08. The van der Waals surface area contributed by atoms with E-state index in [0.29, 0.717) is 16.3 Å². The number of hydrogen-bond acceptors (Lipinski definition) is 6. The van der Waals surface area contributed by atoms with Crippen LogP contribution in [0.2, 0.25) is 5.02 Å². The van der Waals surface area contributed by atoms with Gasteiger partial charge in [0.15, 0.2) is 9.84 Å². The number of carbonyl (C=O) groups excluding carboxylic acids is 1. The summed E-state index contributed by atoms with van der Waals surface area (Å²) in [6.45, 7) is 1.54. The average Bonchev–Trinajstić information content (AvgIpc) is 2.60. The molecule has 0 heterocycles. The maximum Gasteiger partial charge on any atom is 0.271 e. The molecule has 2 aromatic carbocycles. The van der Waals surface area contributed by atoms with Crippen LogP contribution in [0, 0.1) is 0 Å². The van der Waals surface area contributed by atoms with E-state index in [4.69, 9.17) is 17.3 Å². The normalized spacial score (nSPS) is 11.2. The maximum absolute atomic E-state index is 12.4. The van der Waals surface area contributed by atoms with Crippen molar-refractivity contribution < 1.29 is 13.2 Å². The summed E-state index contributed by atoms with van der Waals surface area (Å²) in [6, 6.07) is 9.44. The van der Waals surface area contributed by atoms with Gasteiger partial charge >= 0.3 is 0 Å². The number of carbonyl (C=O) groups is 1. The van der Waals surface area contributed by atoms with E-state index < -0.39 is 15.7 Å². The third kappa shape index (κ3) is 4.59.